The van der Waals surface area contributed by atoms with E-state index in [2.05, 4.69) is 10.3 Å². The molecule has 1 N–H and O–H groups in total. The predicted octanol–water partition coefficient (Wildman–Crippen LogP) is 4.09. The number of methoxy groups -OCH3 is 1. The van der Waals surface area contributed by atoms with Gasteiger partial charge < -0.3 is 19.4 Å². The number of benzene rings is 2. The minimum Gasteiger partial charge on any atom is -0.495 e. The first kappa shape index (κ1) is 22.8. The SMILES string of the molecule is COc1cc(/C=C/C(=O)N[C@H](C(=O)OC(C)(C)C)c2ccccc2)ccc1-n1ccnc1. The van der Waals surface area contributed by atoms with Gasteiger partial charge in [-0.2, -0.15) is 0 Å². The molecular formula is C25H27N3O4. The molecule has 2 aromatic carbocycles. The van der Waals surface area contributed by atoms with E-state index in [-0.39, 0.29) is 0 Å². The molecule has 0 saturated heterocycles. The molecule has 0 aliphatic carbocycles. The number of hydrogen-bond donors (Lipinski definition) is 1. The number of carbonyl (C=O) groups excluding carboxylic acids is 2. The minimum absolute atomic E-state index is 0.414. The number of nitrogens with zero attached hydrogens (tertiary/aromatic N) is 2. The molecule has 0 fully saturated rings. The molecule has 1 atom stereocenters. The number of hydrogen-bond acceptors (Lipinski definition) is 5. The summed E-state index contributed by atoms with van der Waals surface area (Å²) in [6.07, 6.45) is 8.23. The van der Waals surface area contributed by atoms with Crippen LogP contribution in [0.1, 0.15) is 37.9 Å². The molecule has 32 heavy (non-hydrogen) atoms. The molecule has 1 amide bonds. The minimum atomic E-state index is -0.911. The van der Waals surface area contributed by atoms with Gasteiger partial charge in [-0.1, -0.05) is 36.4 Å². The summed E-state index contributed by atoms with van der Waals surface area (Å²) in [5.74, 6) is -0.291. The maximum atomic E-state index is 12.7. The first-order valence-corrected chi connectivity index (χ1v) is 10.2. The highest BCUT2D eigenvalue weighted by molar-refractivity contribution is 5.95. The number of rotatable bonds is 7. The molecule has 1 aromatic heterocycles. The van der Waals surface area contributed by atoms with E-state index in [0.717, 1.165) is 11.3 Å². The Bertz CT molecular complexity index is 1080. The number of imidazole rings is 1. The maximum absolute atomic E-state index is 12.7. The summed E-state index contributed by atoms with van der Waals surface area (Å²) in [7, 11) is 1.58. The highest BCUT2D eigenvalue weighted by Crippen LogP contribution is 2.25. The van der Waals surface area contributed by atoms with Crippen molar-refractivity contribution in [1.82, 2.24) is 14.9 Å². The zero-order chi connectivity index (χ0) is 23.1. The average molecular weight is 434 g/mol. The van der Waals surface area contributed by atoms with Gasteiger partial charge in [0, 0.05) is 18.5 Å². The van der Waals surface area contributed by atoms with E-state index in [1.165, 1.54) is 6.08 Å². The van der Waals surface area contributed by atoms with E-state index in [1.807, 2.05) is 47.2 Å². The van der Waals surface area contributed by atoms with Crippen LogP contribution in [0.15, 0.2) is 73.3 Å². The van der Waals surface area contributed by atoms with Gasteiger partial charge in [-0.05, 0) is 50.1 Å². The number of amides is 1. The lowest BCUT2D eigenvalue weighted by Crippen LogP contribution is -2.37. The molecule has 0 bridgehead atoms. The third-order valence-electron chi connectivity index (χ3n) is 4.48. The lowest BCUT2D eigenvalue weighted by Gasteiger charge is -2.24. The van der Waals surface area contributed by atoms with Gasteiger partial charge in [-0.25, -0.2) is 9.78 Å². The molecule has 0 spiro atoms. The molecule has 1 heterocycles. The van der Waals surface area contributed by atoms with Crippen molar-refractivity contribution in [3.63, 3.8) is 0 Å². The van der Waals surface area contributed by atoms with Crippen LogP contribution >= 0.6 is 0 Å². The van der Waals surface area contributed by atoms with Crippen LogP contribution < -0.4 is 10.1 Å². The largest absolute Gasteiger partial charge is 0.495 e. The smallest absolute Gasteiger partial charge is 0.333 e. The number of esters is 1. The van der Waals surface area contributed by atoms with E-state index in [1.54, 1.807) is 58.6 Å². The standard InChI is InChI=1S/C25H27N3O4/c1-25(2,3)32-24(30)23(19-8-6-5-7-9-19)27-22(29)13-11-18-10-12-20(21(16-18)31-4)28-15-14-26-17-28/h5-17,23H,1-4H3,(H,27,29)/b13-11+/t23-/m0/s1. The zero-order valence-corrected chi connectivity index (χ0v) is 18.6. The third-order valence-corrected chi connectivity index (χ3v) is 4.48. The van der Waals surface area contributed by atoms with Crippen molar-refractivity contribution < 1.29 is 19.1 Å². The van der Waals surface area contributed by atoms with E-state index in [9.17, 15) is 9.59 Å². The summed E-state index contributed by atoms with van der Waals surface area (Å²) in [5, 5.41) is 2.74. The number of ether oxygens (including phenoxy) is 2. The highest BCUT2D eigenvalue weighted by Gasteiger charge is 2.27. The second-order valence-corrected chi connectivity index (χ2v) is 8.12. The molecule has 3 rings (SSSR count). The van der Waals surface area contributed by atoms with Crippen LogP contribution in [-0.2, 0) is 14.3 Å². The van der Waals surface area contributed by atoms with Gasteiger partial charge in [0.15, 0.2) is 6.04 Å². The van der Waals surface area contributed by atoms with Gasteiger partial charge in [-0.3, -0.25) is 4.79 Å². The monoisotopic (exact) mass is 433 g/mol. The van der Waals surface area contributed by atoms with Crippen molar-refractivity contribution in [2.45, 2.75) is 32.4 Å². The Morgan fingerprint density at radius 2 is 1.88 bits per heavy atom. The summed E-state index contributed by atoms with van der Waals surface area (Å²) >= 11 is 0. The molecule has 3 aromatic rings. The van der Waals surface area contributed by atoms with Crippen LogP contribution in [0, 0.1) is 0 Å². The predicted molar refractivity (Wildman–Crippen MR) is 122 cm³/mol. The highest BCUT2D eigenvalue weighted by atomic mass is 16.6. The first-order chi connectivity index (χ1) is 15.3. The van der Waals surface area contributed by atoms with Crippen LogP contribution in [0.25, 0.3) is 11.8 Å². The van der Waals surface area contributed by atoms with Crippen molar-refractivity contribution in [1.29, 1.82) is 0 Å². The summed E-state index contributed by atoms with van der Waals surface area (Å²) in [4.78, 5) is 29.4. The van der Waals surface area contributed by atoms with Gasteiger partial charge in [0.05, 0.1) is 19.1 Å². The Morgan fingerprint density at radius 3 is 2.50 bits per heavy atom. The fraction of sp³-hybridized carbons (Fsp3) is 0.240. The number of nitrogens with one attached hydrogen (secondary N) is 1. The summed E-state index contributed by atoms with van der Waals surface area (Å²) < 4.78 is 12.8. The zero-order valence-electron chi connectivity index (χ0n) is 18.6. The molecule has 166 valence electrons. The number of aromatic nitrogens is 2. The lowest BCUT2D eigenvalue weighted by atomic mass is 10.1. The quantitative estimate of drug-likeness (QED) is 0.448. The summed E-state index contributed by atoms with van der Waals surface area (Å²) in [6, 6.07) is 13.7. The third kappa shape index (κ3) is 6.07. The van der Waals surface area contributed by atoms with Crippen molar-refractivity contribution in [3.05, 3.63) is 84.5 Å². The first-order valence-electron chi connectivity index (χ1n) is 10.2. The Balaban J connectivity index is 1.76. The van der Waals surface area contributed by atoms with Gasteiger partial charge >= 0.3 is 5.97 Å². The van der Waals surface area contributed by atoms with Crippen LogP contribution in [0.3, 0.4) is 0 Å². The normalized spacial score (nSPS) is 12.4. The Kier molecular flexibility index (Phi) is 7.10. The summed E-state index contributed by atoms with van der Waals surface area (Å²) in [6.45, 7) is 5.36. The number of carbonyl (C=O) groups is 2. The molecule has 0 unspecified atom stereocenters. The average Bonchev–Trinajstić information content (AvgIpc) is 3.30. The van der Waals surface area contributed by atoms with Crippen molar-refractivity contribution in [3.8, 4) is 11.4 Å². The van der Waals surface area contributed by atoms with Crippen LogP contribution in [0.2, 0.25) is 0 Å². The molecular weight excluding hydrogens is 406 g/mol. The molecule has 0 radical (unpaired) electrons. The molecule has 7 nitrogen and oxygen atoms in total. The van der Waals surface area contributed by atoms with Gasteiger partial charge in [0.1, 0.15) is 11.4 Å². The molecule has 0 aliphatic rings. The van der Waals surface area contributed by atoms with E-state index < -0.39 is 23.5 Å². The van der Waals surface area contributed by atoms with E-state index in [4.69, 9.17) is 9.47 Å². The Morgan fingerprint density at radius 1 is 1.12 bits per heavy atom. The Hall–Kier alpha value is -3.87. The van der Waals surface area contributed by atoms with Crippen molar-refractivity contribution in [2.75, 3.05) is 7.11 Å². The van der Waals surface area contributed by atoms with E-state index in [0.29, 0.717) is 11.3 Å². The fourth-order valence-corrected chi connectivity index (χ4v) is 3.06. The summed E-state index contributed by atoms with van der Waals surface area (Å²) in [5.41, 5.74) is 1.59. The van der Waals surface area contributed by atoms with Gasteiger partial charge in [0.25, 0.3) is 0 Å². The van der Waals surface area contributed by atoms with Gasteiger partial charge in [0.2, 0.25) is 5.91 Å². The maximum Gasteiger partial charge on any atom is 0.333 e. The Labute approximate surface area is 187 Å². The van der Waals surface area contributed by atoms with Crippen LogP contribution in [-0.4, -0.2) is 34.1 Å². The fourth-order valence-electron chi connectivity index (χ4n) is 3.06. The second kappa shape index (κ2) is 9.96. The molecule has 0 saturated carbocycles. The second-order valence-electron chi connectivity index (χ2n) is 8.12. The van der Waals surface area contributed by atoms with Crippen LogP contribution in [0.4, 0.5) is 0 Å². The molecule has 7 heteroatoms. The van der Waals surface area contributed by atoms with Crippen molar-refractivity contribution >= 4 is 18.0 Å². The lowest BCUT2D eigenvalue weighted by molar-refractivity contribution is -0.158. The van der Waals surface area contributed by atoms with Gasteiger partial charge in [-0.15, -0.1) is 0 Å². The van der Waals surface area contributed by atoms with Crippen molar-refractivity contribution in [2.24, 2.45) is 0 Å². The van der Waals surface area contributed by atoms with Crippen LogP contribution in [0.5, 0.6) is 5.75 Å². The van der Waals surface area contributed by atoms with E-state index >= 15 is 0 Å². The topological polar surface area (TPSA) is 82.5 Å². The molecule has 0 aliphatic heterocycles.